The third kappa shape index (κ3) is 3.83. The highest BCUT2D eigenvalue weighted by Crippen LogP contribution is 2.51. The van der Waals surface area contributed by atoms with E-state index in [9.17, 15) is 5.11 Å². The van der Waals surface area contributed by atoms with Crippen LogP contribution in [0.3, 0.4) is 0 Å². The number of hydrogen-bond donors (Lipinski definition) is 1. The van der Waals surface area contributed by atoms with Gasteiger partial charge in [-0.05, 0) is 50.7 Å². The largest absolute Gasteiger partial charge is 0.497 e. The van der Waals surface area contributed by atoms with Gasteiger partial charge in [-0.25, -0.2) is 0 Å². The van der Waals surface area contributed by atoms with Crippen molar-refractivity contribution < 1.29 is 14.6 Å². The Morgan fingerprint density at radius 2 is 1.78 bits per heavy atom. The highest BCUT2D eigenvalue weighted by Gasteiger charge is 2.47. The molecule has 3 atom stereocenters. The first-order valence-electron chi connectivity index (χ1n) is 9.67. The van der Waals surface area contributed by atoms with Crippen LogP contribution in [0.1, 0.15) is 42.9 Å². The van der Waals surface area contributed by atoms with Gasteiger partial charge in [0, 0.05) is 17.5 Å². The van der Waals surface area contributed by atoms with E-state index in [0.29, 0.717) is 0 Å². The van der Waals surface area contributed by atoms with Crippen molar-refractivity contribution in [2.24, 2.45) is 5.92 Å². The fourth-order valence-corrected chi connectivity index (χ4v) is 4.63. The smallest absolute Gasteiger partial charge is 0.125 e. The van der Waals surface area contributed by atoms with Crippen molar-refractivity contribution in [1.29, 1.82) is 0 Å². The SMILES string of the molecule is COc1ccc(OC)c(C2(O)CCCCC2C(c2ccccc2)N(C)C)c1. The minimum atomic E-state index is -0.969. The van der Waals surface area contributed by atoms with Gasteiger partial charge < -0.3 is 19.5 Å². The van der Waals surface area contributed by atoms with E-state index in [-0.39, 0.29) is 12.0 Å². The summed E-state index contributed by atoms with van der Waals surface area (Å²) in [5.74, 6) is 1.52. The van der Waals surface area contributed by atoms with Crippen LogP contribution >= 0.6 is 0 Å². The molecule has 0 spiro atoms. The van der Waals surface area contributed by atoms with Gasteiger partial charge in [0.1, 0.15) is 11.5 Å². The first-order chi connectivity index (χ1) is 13.0. The monoisotopic (exact) mass is 369 g/mol. The molecule has 1 aliphatic carbocycles. The van der Waals surface area contributed by atoms with Gasteiger partial charge in [0.25, 0.3) is 0 Å². The Bertz CT molecular complexity index is 747. The van der Waals surface area contributed by atoms with Crippen LogP contribution in [0.4, 0.5) is 0 Å². The Balaban J connectivity index is 2.11. The number of rotatable bonds is 6. The predicted octanol–water partition coefficient (Wildman–Crippen LogP) is 4.38. The molecule has 1 N–H and O–H groups in total. The zero-order valence-corrected chi connectivity index (χ0v) is 16.8. The van der Waals surface area contributed by atoms with Gasteiger partial charge in [0.05, 0.1) is 19.8 Å². The first-order valence-corrected chi connectivity index (χ1v) is 9.67. The molecule has 1 aliphatic rings. The van der Waals surface area contributed by atoms with Crippen molar-refractivity contribution in [2.75, 3.05) is 28.3 Å². The fourth-order valence-electron chi connectivity index (χ4n) is 4.63. The molecule has 1 saturated carbocycles. The molecular weight excluding hydrogens is 338 g/mol. The van der Waals surface area contributed by atoms with E-state index >= 15 is 0 Å². The lowest BCUT2D eigenvalue weighted by Crippen LogP contribution is -2.45. The van der Waals surface area contributed by atoms with Crippen molar-refractivity contribution in [3.63, 3.8) is 0 Å². The van der Waals surface area contributed by atoms with Crippen molar-refractivity contribution in [3.05, 3.63) is 59.7 Å². The lowest BCUT2D eigenvalue weighted by Gasteiger charge is -2.47. The lowest BCUT2D eigenvalue weighted by molar-refractivity contribution is -0.0850. The van der Waals surface area contributed by atoms with Gasteiger partial charge in [-0.1, -0.05) is 43.2 Å². The van der Waals surface area contributed by atoms with E-state index < -0.39 is 5.60 Å². The zero-order valence-electron chi connectivity index (χ0n) is 16.8. The van der Waals surface area contributed by atoms with Crippen molar-refractivity contribution >= 4 is 0 Å². The minimum Gasteiger partial charge on any atom is -0.497 e. The molecule has 0 radical (unpaired) electrons. The van der Waals surface area contributed by atoms with E-state index in [0.717, 1.165) is 42.7 Å². The first kappa shape index (κ1) is 19.7. The molecule has 3 rings (SSSR count). The van der Waals surface area contributed by atoms with Gasteiger partial charge in [-0.2, -0.15) is 0 Å². The second kappa shape index (κ2) is 8.32. The fraction of sp³-hybridized carbons (Fsp3) is 0.478. The summed E-state index contributed by atoms with van der Waals surface area (Å²) in [4.78, 5) is 2.23. The van der Waals surface area contributed by atoms with Crippen LogP contribution in [0, 0.1) is 5.92 Å². The maximum Gasteiger partial charge on any atom is 0.125 e. The third-order valence-corrected chi connectivity index (χ3v) is 5.89. The van der Waals surface area contributed by atoms with Crippen LogP contribution in [0.5, 0.6) is 11.5 Å². The van der Waals surface area contributed by atoms with Gasteiger partial charge in [-0.15, -0.1) is 0 Å². The number of ether oxygens (including phenoxy) is 2. The lowest BCUT2D eigenvalue weighted by atomic mass is 9.66. The standard InChI is InChI=1S/C23H31NO3/c1-24(2)22(17-10-6-5-7-11-17)19-12-8-9-15-23(19,25)20-16-18(26-3)13-14-21(20)27-4/h5-7,10-11,13-14,16,19,22,25H,8-9,12,15H2,1-4H3. The molecule has 146 valence electrons. The average Bonchev–Trinajstić information content (AvgIpc) is 2.69. The van der Waals surface area contributed by atoms with E-state index in [1.165, 1.54) is 5.56 Å². The molecular formula is C23H31NO3. The minimum absolute atomic E-state index is 0.0599. The van der Waals surface area contributed by atoms with E-state index in [1.54, 1.807) is 14.2 Å². The zero-order chi connectivity index (χ0) is 19.4. The molecule has 2 aromatic rings. The molecule has 0 aliphatic heterocycles. The van der Waals surface area contributed by atoms with Crippen LogP contribution < -0.4 is 9.47 Å². The van der Waals surface area contributed by atoms with Gasteiger partial charge in [0.2, 0.25) is 0 Å². The van der Waals surface area contributed by atoms with Gasteiger partial charge >= 0.3 is 0 Å². The van der Waals surface area contributed by atoms with E-state index in [2.05, 4.69) is 43.3 Å². The molecule has 0 amide bonds. The summed E-state index contributed by atoms with van der Waals surface area (Å²) in [6, 6.07) is 16.3. The molecule has 0 bridgehead atoms. The Hall–Kier alpha value is -2.04. The number of hydrogen-bond acceptors (Lipinski definition) is 4. The quantitative estimate of drug-likeness (QED) is 0.820. The summed E-state index contributed by atoms with van der Waals surface area (Å²) in [6.07, 6.45) is 3.81. The topological polar surface area (TPSA) is 41.9 Å². The highest BCUT2D eigenvalue weighted by molar-refractivity contribution is 5.45. The predicted molar refractivity (Wildman–Crippen MR) is 108 cm³/mol. The summed E-state index contributed by atoms with van der Waals surface area (Å²) in [7, 11) is 7.50. The van der Waals surface area contributed by atoms with Crippen molar-refractivity contribution in [1.82, 2.24) is 4.90 Å². The summed E-state index contributed by atoms with van der Waals surface area (Å²) < 4.78 is 11.1. The summed E-state index contributed by atoms with van der Waals surface area (Å²) >= 11 is 0. The Morgan fingerprint density at radius 3 is 2.41 bits per heavy atom. The van der Waals surface area contributed by atoms with Crippen LogP contribution in [-0.4, -0.2) is 38.3 Å². The Morgan fingerprint density at radius 1 is 1.04 bits per heavy atom. The van der Waals surface area contributed by atoms with E-state index in [4.69, 9.17) is 9.47 Å². The average molecular weight is 370 g/mol. The Kier molecular flexibility index (Phi) is 6.08. The van der Waals surface area contributed by atoms with Crippen molar-refractivity contribution in [2.45, 2.75) is 37.3 Å². The highest BCUT2D eigenvalue weighted by atomic mass is 16.5. The van der Waals surface area contributed by atoms with Crippen LogP contribution in [0.25, 0.3) is 0 Å². The number of nitrogens with zero attached hydrogens (tertiary/aromatic N) is 1. The number of aliphatic hydroxyl groups is 1. The van der Waals surface area contributed by atoms with Gasteiger partial charge in [0.15, 0.2) is 0 Å². The number of methoxy groups -OCH3 is 2. The molecule has 0 saturated heterocycles. The van der Waals surface area contributed by atoms with E-state index in [1.807, 2.05) is 24.3 Å². The Labute approximate surface area is 162 Å². The molecule has 0 aromatic heterocycles. The normalized spacial score (nSPS) is 23.9. The number of benzene rings is 2. The summed E-state index contributed by atoms with van der Waals surface area (Å²) in [6.45, 7) is 0. The molecule has 1 fully saturated rings. The van der Waals surface area contributed by atoms with Crippen LogP contribution in [0.2, 0.25) is 0 Å². The molecule has 3 unspecified atom stereocenters. The second-order valence-corrected chi connectivity index (χ2v) is 7.66. The third-order valence-electron chi connectivity index (χ3n) is 5.89. The second-order valence-electron chi connectivity index (χ2n) is 7.66. The van der Waals surface area contributed by atoms with Crippen LogP contribution in [0.15, 0.2) is 48.5 Å². The van der Waals surface area contributed by atoms with Gasteiger partial charge in [-0.3, -0.25) is 0 Å². The molecule has 2 aromatic carbocycles. The molecule has 4 nitrogen and oxygen atoms in total. The summed E-state index contributed by atoms with van der Waals surface area (Å²) in [5.41, 5.74) is 1.09. The molecule has 0 heterocycles. The van der Waals surface area contributed by atoms with Crippen molar-refractivity contribution in [3.8, 4) is 11.5 Å². The van der Waals surface area contributed by atoms with Crippen LogP contribution in [-0.2, 0) is 5.60 Å². The maximum absolute atomic E-state index is 12.1. The maximum atomic E-state index is 12.1. The summed E-state index contributed by atoms with van der Waals surface area (Å²) in [5, 5.41) is 12.1. The molecule has 4 heteroatoms. The molecule has 27 heavy (non-hydrogen) atoms.